The number of rotatable bonds is 3. The van der Waals surface area contributed by atoms with Gasteiger partial charge in [0.1, 0.15) is 0 Å². The summed E-state index contributed by atoms with van der Waals surface area (Å²) in [5, 5.41) is 3.29. The van der Waals surface area contributed by atoms with E-state index in [1.165, 1.54) is 18.4 Å². The SMILES string of the molecule is CCc1cnc(NC2CC2)nc1C. The van der Waals surface area contributed by atoms with Gasteiger partial charge in [0.2, 0.25) is 5.95 Å². The van der Waals surface area contributed by atoms with Crippen LogP contribution in [0.5, 0.6) is 0 Å². The van der Waals surface area contributed by atoms with Gasteiger partial charge in [0.05, 0.1) is 0 Å². The standard InChI is InChI=1S/C10H15N3/c1-3-8-6-11-10(12-7(8)2)13-9-4-5-9/h6,9H,3-5H2,1-2H3,(H,11,12,13). The van der Waals surface area contributed by atoms with E-state index in [4.69, 9.17) is 0 Å². The van der Waals surface area contributed by atoms with Crippen LogP contribution in [-0.4, -0.2) is 16.0 Å². The summed E-state index contributed by atoms with van der Waals surface area (Å²) in [7, 11) is 0. The zero-order valence-electron chi connectivity index (χ0n) is 8.17. The molecular weight excluding hydrogens is 162 g/mol. The minimum atomic E-state index is 0.631. The Morgan fingerprint density at radius 3 is 2.85 bits per heavy atom. The second-order valence-corrected chi connectivity index (χ2v) is 3.58. The Hall–Kier alpha value is -1.12. The van der Waals surface area contributed by atoms with E-state index in [0.717, 1.165) is 18.1 Å². The Balaban J connectivity index is 2.13. The molecule has 1 aromatic heterocycles. The average molecular weight is 177 g/mol. The van der Waals surface area contributed by atoms with E-state index in [1.54, 1.807) is 0 Å². The van der Waals surface area contributed by atoms with Gasteiger partial charge >= 0.3 is 0 Å². The van der Waals surface area contributed by atoms with Crippen LogP contribution in [0.4, 0.5) is 5.95 Å². The summed E-state index contributed by atoms with van der Waals surface area (Å²) in [4.78, 5) is 8.67. The highest BCUT2D eigenvalue weighted by Crippen LogP contribution is 2.22. The van der Waals surface area contributed by atoms with Gasteiger partial charge in [-0.3, -0.25) is 0 Å². The predicted molar refractivity (Wildman–Crippen MR) is 52.8 cm³/mol. The van der Waals surface area contributed by atoms with E-state index in [-0.39, 0.29) is 0 Å². The topological polar surface area (TPSA) is 37.8 Å². The minimum absolute atomic E-state index is 0.631. The van der Waals surface area contributed by atoms with Gasteiger partial charge in [-0.25, -0.2) is 9.97 Å². The molecule has 1 saturated carbocycles. The number of aryl methyl sites for hydroxylation is 2. The molecule has 0 spiro atoms. The zero-order chi connectivity index (χ0) is 9.26. The Kier molecular flexibility index (Phi) is 2.17. The first-order valence-corrected chi connectivity index (χ1v) is 4.88. The van der Waals surface area contributed by atoms with Crippen LogP contribution in [0.25, 0.3) is 0 Å². The molecule has 0 saturated heterocycles. The molecule has 0 atom stereocenters. The lowest BCUT2D eigenvalue weighted by Gasteiger charge is -2.05. The summed E-state index contributed by atoms with van der Waals surface area (Å²) in [6.45, 7) is 4.16. The summed E-state index contributed by atoms with van der Waals surface area (Å²) >= 11 is 0. The molecule has 0 aromatic carbocycles. The summed E-state index contributed by atoms with van der Waals surface area (Å²) in [5.41, 5.74) is 2.34. The molecule has 3 nitrogen and oxygen atoms in total. The third-order valence-electron chi connectivity index (χ3n) is 2.37. The molecule has 1 aromatic rings. The Morgan fingerprint density at radius 2 is 2.31 bits per heavy atom. The lowest BCUT2D eigenvalue weighted by atomic mass is 10.2. The summed E-state index contributed by atoms with van der Waals surface area (Å²) < 4.78 is 0. The zero-order valence-corrected chi connectivity index (χ0v) is 8.17. The summed E-state index contributed by atoms with van der Waals surface area (Å²) in [6.07, 6.45) is 5.46. The molecule has 0 radical (unpaired) electrons. The highest BCUT2D eigenvalue weighted by Gasteiger charge is 2.21. The molecule has 1 aliphatic rings. The van der Waals surface area contributed by atoms with Gasteiger partial charge in [0.15, 0.2) is 0 Å². The molecule has 1 heterocycles. The van der Waals surface area contributed by atoms with E-state index < -0.39 is 0 Å². The largest absolute Gasteiger partial charge is 0.351 e. The van der Waals surface area contributed by atoms with Crippen molar-refractivity contribution < 1.29 is 0 Å². The van der Waals surface area contributed by atoms with Crippen molar-refractivity contribution in [2.75, 3.05) is 5.32 Å². The second-order valence-electron chi connectivity index (χ2n) is 3.58. The highest BCUT2D eigenvalue weighted by molar-refractivity contribution is 5.31. The minimum Gasteiger partial charge on any atom is -0.351 e. The van der Waals surface area contributed by atoms with E-state index in [2.05, 4.69) is 22.2 Å². The van der Waals surface area contributed by atoms with Crippen molar-refractivity contribution in [1.82, 2.24) is 9.97 Å². The molecule has 2 rings (SSSR count). The van der Waals surface area contributed by atoms with Crippen LogP contribution in [0.15, 0.2) is 6.20 Å². The number of nitrogens with one attached hydrogen (secondary N) is 1. The first-order valence-electron chi connectivity index (χ1n) is 4.88. The third-order valence-corrected chi connectivity index (χ3v) is 2.37. The maximum absolute atomic E-state index is 4.40. The Morgan fingerprint density at radius 1 is 1.54 bits per heavy atom. The van der Waals surface area contributed by atoms with Crippen LogP contribution >= 0.6 is 0 Å². The van der Waals surface area contributed by atoms with Crippen molar-refractivity contribution in [2.45, 2.75) is 39.2 Å². The van der Waals surface area contributed by atoms with Crippen molar-refractivity contribution >= 4 is 5.95 Å². The molecular formula is C10H15N3. The smallest absolute Gasteiger partial charge is 0.223 e. The molecule has 0 amide bonds. The quantitative estimate of drug-likeness (QED) is 0.766. The molecule has 0 aliphatic heterocycles. The van der Waals surface area contributed by atoms with E-state index in [1.807, 2.05) is 13.1 Å². The molecule has 0 unspecified atom stereocenters. The fraction of sp³-hybridized carbons (Fsp3) is 0.600. The molecule has 1 fully saturated rings. The van der Waals surface area contributed by atoms with Crippen molar-refractivity contribution in [3.05, 3.63) is 17.5 Å². The van der Waals surface area contributed by atoms with Crippen LogP contribution in [0.3, 0.4) is 0 Å². The Bertz CT molecular complexity index is 305. The van der Waals surface area contributed by atoms with Crippen molar-refractivity contribution in [1.29, 1.82) is 0 Å². The molecule has 70 valence electrons. The second kappa shape index (κ2) is 3.32. The number of hydrogen-bond donors (Lipinski definition) is 1. The average Bonchev–Trinajstić information content (AvgIpc) is 2.89. The molecule has 13 heavy (non-hydrogen) atoms. The van der Waals surface area contributed by atoms with Gasteiger partial charge in [0.25, 0.3) is 0 Å². The van der Waals surface area contributed by atoms with Crippen molar-refractivity contribution in [2.24, 2.45) is 0 Å². The van der Waals surface area contributed by atoms with Crippen LogP contribution in [0.1, 0.15) is 31.0 Å². The number of aromatic nitrogens is 2. The van der Waals surface area contributed by atoms with Gasteiger partial charge in [0, 0.05) is 17.9 Å². The lowest BCUT2D eigenvalue weighted by Crippen LogP contribution is -2.07. The summed E-state index contributed by atoms with van der Waals surface area (Å²) in [6, 6.07) is 0.631. The van der Waals surface area contributed by atoms with Gasteiger partial charge in [-0.15, -0.1) is 0 Å². The van der Waals surface area contributed by atoms with Gasteiger partial charge in [-0.1, -0.05) is 6.92 Å². The van der Waals surface area contributed by atoms with Gasteiger partial charge in [-0.2, -0.15) is 0 Å². The maximum Gasteiger partial charge on any atom is 0.223 e. The van der Waals surface area contributed by atoms with Crippen molar-refractivity contribution in [3.8, 4) is 0 Å². The number of hydrogen-bond acceptors (Lipinski definition) is 3. The normalized spacial score (nSPS) is 15.8. The third kappa shape index (κ3) is 1.97. The first kappa shape index (κ1) is 8.48. The molecule has 0 bridgehead atoms. The monoisotopic (exact) mass is 177 g/mol. The Labute approximate surface area is 78.6 Å². The fourth-order valence-corrected chi connectivity index (χ4v) is 1.32. The highest BCUT2D eigenvalue weighted by atomic mass is 15.1. The van der Waals surface area contributed by atoms with E-state index >= 15 is 0 Å². The molecule has 1 aliphatic carbocycles. The number of anilines is 1. The van der Waals surface area contributed by atoms with Crippen LogP contribution in [0.2, 0.25) is 0 Å². The maximum atomic E-state index is 4.40. The number of nitrogens with zero attached hydrogens (tertiary/aromatic N) is 2. The van der Waals surface area contributed by atoms with Crippen molar-refractivity contribution in [3.63, 3.8) is 0 Å². The molecule has 1 N–H and O–H groups in total. The first-order chi connectivity index (χ1) is 6.29. The lowest BCUT2D eigenvalue weighted by molar-refractivity contribution is 0.972. The van der Waals surface area contributed by atoms with Crippen LogP contribution in [-0.2, 0) is 6.42 Å². The van der Waals surface area contributed by atoms with E-state index in [9.17, 15) is 0 Å². The van der Waals surface area contributed by atoms with Crippen LogP contribution in [0, 0.1) is 6.92 Å². The summed E-state index contributed by atoms with van der Waals surface area (Å²) in [5.74, 6) is 0.789. The van der Waals surface area contributed by atoms with Gasteiger partial charge in [-0.05, 0) is 31.7 Å². The fourth-order valence-electron chi connectivity index (χ4n) is 1.32. The van der Waals surface area contributed by atoms with E-state index in [0.29, 0.717) is 6.04 Å². The van der Waals surface area contributed by atoms with Crippen LogP contribution < -0.4 is 5.32 Å². The molecule has 3 heteroatoms. The predicted octanol–water partition coefficient (Wildman–Crippen LogP) is 1.92. The van der Waals surface area contributed by atoms with Gasteiger partial charge < -0.3 is 5.32 Å².